The maximum atomic E-state index is 11.8. The van der Waals surface area contributed by atoms with Gasteiger partial charge in [0.05, 0.1) is 0 Å². The van der Waals surface area contributed by atoms with Gasteiger partial charge in [0.15, 0.2) is 0 Å². The lowest BCUT2D eigenvalue weighted by atomic mass is 10.0. The molecule has 0 aliphatic carbocycles. The number of carbonyl (C=O) groups excluding carboxylic acids is 1. The molecule has 4 heteroatoms. The first kappa shape index (κ1) is 14.6. The summed E-state index contributed by atoms with van der Waals surface area (Å²) < 4.78 is 0. The van der Waals surface area contributed by atoms with Crippen molar-refractivity contribution >= 4 is 5.91 Å². The number of aryl methyl sites for hydroxylation is 1. The summed E-state index contributed by atoms with van der Waals surface area (Å²) in [7, 11) is 0. The predicted octanol–water partition coefficient (Wildman–Crippen LogP) is 1.54. The summed E-state index contributed by atoms with van der Waals surface area (Å²) in [5.41, 5.74) is 1.11. The van der Waals surface area contributed by atoms with Crippen molar-refractivity contribution in [1.29, 1.82) is 0 Å². The molecule has 0 aliphatic heterocycles. The lowest BCUT2D eigenvalue weighted by Gasteiger charge is -2.21. The van der Waals surface area contributed by atoms with Crippen LogP contribution in [0.4, 0.5) is 0 Å². The van der Waals surface area contributed by atoms with Crippen molar-refractivity contribution in [2.75, 3.05) is 6.61 Å². The van der Waals surface area contributed by atoms with Crippen LogP contribution in [0.15, 0.2) is 24.5 Å². The lowest BCUT2D eigenvalue weighted by Crippen LogP contribution is -2.39. The van der Waals surface area contributed by atoms with Gasteiger partial charge in [-0.25, -0.2) is 0 Å². The Labute approximate surface area is 108 Å². The van der Waals surface area contributed by atoms with E-state index in [0.717, 1.165) is 12.0 Å². The molecule has 1 amide bonds. The third kappa shape index (κ3) is 5.27. The van der Waals surface area contributed by atoms with Crippen LogP contribution in [0.1, 0.15) is 32.3 Å². The van der Waals surface area contributed by atoms with Crippen molar-refractivity contribution in [1.82, 2.24) is 10.3 Å². The number of rotatable bonds is 7. The van der Waals surface area contributed by atoms with Crippen molar-refractivity contribution in [3.63, 3.8) is 0 Å². The van der Waals surface area contributed by atoms with Crippen LogP contribution in [0.2, 0.25) is 0 Å². The van der Waals surface area contributed by atoms with Crippen LogP contribution in [0.25, 0.3) is 0 Å². The Bertz CT molecular complexity index is 352. The molecule has 18 heavy (non-hydrogen) atoms. The van der Waals surface area contributed by atoms with Crippen molar-refractivity contribution < 1.29 is 9.90 Å². The number of hydrogen-bond donors (Lipinski definition) is 2. The molecule has 1 unspecified atom stereocenters. The molecule has 2 N–H and O–H groups in total. The molecule has 1 aromatic rings. The van der Waals surface area contributed by atoms with E-state index in [4.69, 9.17) is 5.11 Å². The fourth-order valence-corrected chi connectivity index (χ4v) is 1.80. The van der Waals surface area contributed by atoms with Crippen LogP contribution >= 0.6 is 0 Å². The molecular formula is C14H22N2O2. The molecular weight excluding hydrogens is 228 g/mol. The Hall–Kier alpha value is -1.42. The summed E-state index contributed by atoms with van der Waals surface area (Å²) in [4.78, 5) is 15.7. The van der Waals surface area contributed by atoms with Crippen LogP contribution in [0.5, 0.6) is 0 Å². The summed E-state index contributed by atoms with van der Waals surface area (Å²) in [6.07, 6.45) is 5.27. The third-order valence-corrected chi connectivity index (χ3v) is 2.98. The number of nitrogens with zero attached hydrogens (tertiary/aromatic N) is 1. The van der Waals surface area contributed by atoms with Gasteiger partial charge in [0.2, 0.25) is 5.91 Å². The zero-order valence-corrected chi connectivity index (χ0v) is 11.1. The molecule has 1 rings (SSSR count). The predicted molar refractivity (Wildman–Crippen MR) is 71.0 cm³/mol. The van der Waals surface area contributed by atoms with E-state index in [1.165, 1.54) is 0 Å². The molecule has 0 aliphatic rings. The average molecular weight is 250 g/mol. The van der Waals surface area contributed by atoms with Gasteiger partial charge in [0, 0.05) is 31.5 Å². The highest BCUT2D eigenvalue weighted by Crippen LogP contribution is 2.07. The monoisotopic (exact) mass is 250 g/mol. The topological polar surface area (TPSA) is 62.2 Å². The highest BCUT2D eigenvalue weighted by molar-refractivity contribution is 5.76. The van der Waals surface area contributed by atoms with Gasteiger partial charge in [-0.1, -0.05) is 13.8 Å². The van der Waals surface area contributed by atoms with E-state index < -0.39 is 0 Å². The van der Waals surface area contributed by atoms with Crippen LogP contribution in [0.3, 0.4) is 0 Å². The molecule has 0 fully saturated rings. The van der Waals surface area contributed by atoms with Gasteiger partial charge in [0.25, 0.3) is 0 Å². The van der Waals surface area contributed by atoms with Crippen LogP contribution in [-0.4, -0.2) is 28.6 Å². The Kier molecular flexibility index (Phi) is 6.36. The summed E-state index contributed by atoms with van der Waals surface area (Å²) in [5, 5.41) is 11.9. The van der Waals surface area contributed by atoms with Gasteiger partial charge in [-0.2, -0.15) is 0 Å². The van der Waals surface area contributed by atoms with Gasteiger partial charge < -0.3 is 10.4 Å². The standard InChI is InChI=1S/C14H22N2O2/c1-11(2)13(7-10-17)16-14(18)4-3-12-5-8-15-9-6-12/h5-6,8-9,11,13,17H,3-4,7,10H2,1-2H3,(H,16,18). The Balaban J connectivity index is 2.36. The van der Waals surface area contributed by atoms with Crippen LogP contribution < -0.4 is 5.32 Å². The molecule has 0 aromatic carbocycles. The minimum atomic E-state index is 0.0407. The normalized spacial score (nSPS) is 12.4. The summed E-state index contributed by atoms with van der Waals surface area (Å²) in [6, 6.07) is 3.89. The molecule has 1 aromatic heterocycles. The molecule has 100 valence electrons. The maximum Gasteiger partial charge on any atom is 0.220 e. The lowest BCUT2D eigenvalue weighted by molar-refractivity contribution is -0.122. The molecule has 0 saturated carbocycles. The zero-order chi connectivity index (χ0) is 13.4. The molecule has 0 radical (unpaired) electrons. The van der Waals surface area contributed by atoms with E-state index in [2.05, 4.69) is 10.3 Å². The van der Waals surface area contributed by atoms with E-state index in [1.807, 2.05) is 26.0 Å². The van der Waals surface area contributed by atoms with E-state index in [1.54, 1.807) is 12.4 Å². The zero-order valence-electron chi connectivity index (χ0n) is 11.1. The molecule has 0 saturated heterocycles. The summed E-state index contributed by atoms with van der Waals surface area (Å²) >= 11 is 0. The Morgan fingerprint density at radius 3 is 2.61 bits per heavy atom. The van der Waals surface area contributed by atoms with Crippen molar-refractivity contribution in [2.24, 2.45) is 5.92 Å². The Morgan fingerprint density at radius 2 is 2.06 bits per heavy atom. The first-order valence-electron chi connectivity index (χ1n) is 6.42. The van der Waals surface area contributed by atoms with E-state index in [9.17, 15) is 4.79 Å². The van der Waals surface area contributed by atoms with Crippen molar-refractivity contribution in [2.45, 2.75) is 39.2 Å². The minimum Gasteiger partial charge on any atom is -0.396 e. The molecule has 4 nitrogen and oxygen atoms in total. The molecule has 0 spiro atoms. The number of carbonyl (C=O) groups is 1. The first-order valence-corrected chi connectivity index (χ1v) is 6.42. The average Bonchev–Trinajstić information content (AvgIpc) is 2.37. The third-order valence-electron chi connectivity index (χ3n) is 2.98. The van der Waals surface area contributed by atoms with Gasteiger partial charge in [-0.3, -0.25) is 9.78 Å². The van der Waals surface area contributed by atoms with Gasteiger partial charge in [-0.15, -0.1) is 0 Å². The largest absolute Gasteiger partial charge is 0.396 e. The Morgan fingerprint density at radius 1 is 1.39 bits per heavy atom. The maximum absolute atomic E-state index is 11.8. The number of pyridine rings is 1. The molecule has 1 heterocycles. The van der Waals surface area contributed by atoms with E-state index >= 15 is 0 Å². The fourth-order valence-electron chi connectivity index (χ4n) is 1.80. The SMILES string of the molecule is CC(C)C(CCO)NC(=O)CCc1ccncc1. The van der Waals surface area contributed by atoms with E-state index in [-0.39, 0.29) is 18.6 Å². The first-order chi connectivity index (χ1) is 8.63. The van der Waals surface area contributed by atoms with Gasteiger partial charge in [-0.05, 0) is 36.5 Å². The van der Waals surface area contributed by atoms with Crippen LogP contribution in [0, 0.1) is 5.92 Å². The van der Waals surface area contributed by atoms with Crippen LogP contribution in [-0.2, 0) is 11.2 Å². The minimum absolute atomic E-state index is 0.0407. The second kappa shape index (κ2) is 7.82. The van der Waals surface area contributed by atoms with E-state index in [0.29, 0.717) is 18.8 Å². The number of hydrogen-bond acceptors (Lipinski definition) is 3. The quantitative estimate of drug-likeness (QED) is 0.771. The highest BCUT2D eigenvalue weighted by atomic mass is 16.3. The number of aliphatic hydroxyl groups excluding tert-OH is 1. The molecule has 0 bridgehead atoms. The second-order valence-electron chi connectivity index (χ2n) is 4.79. The number of amides is 1. The number of aliphatic hydroxyl groups is 1. The second-order valence-corrected chi connectivity index (χ2v) is 4.79. The summed E-state index contributed by atoms with van der Waals surface area (Å²) in [6.45, 7) is 4.19. The number of aromatic nitrogens is 1. The van der Waals surface area contributed by atoms with Crippen molar-refractivity contribution in [3.8, 4) is 0 Å². The number of nitrogens with one attached hydrogen (secondary N) is 1. The van der Waals surface area contributed by atoms with Crippen molar-refractivity contribution in [3.05, 3.63) is 30.1 Å². The summed E-state index contributed by atoms with van der Waals surface area (Å²) in [5.74, 6) is 0.376. The van der Waals surface area contributed by atoms with Gasteiger partial charge in [0.1, 0.15) is 0 Å². The molecule has 1 atom stereocenters. The van der Waals surface area contributed by atoms with Gasteiger partial charge >= 0.3 is 0 Å². The fraction of sp³-hybridized carbons (Fsp3) is 0.571. The highest BCUT2D eigenvalue weighted by Gasteiger charge is 2.15. The smallest absolute Gasteiger partial charge is 0.220 e.